The normalized spacial score (nSPS) is 14.2. The van der Waals surface area contributed by atoms with E-state index in [1.54, 1.807) is 18.2 Å². The minimum absolute atomic E-state index is 0.0418. The Bertz CT molecular complexity index is 406. The zero-order valence-electron chi connectivity index (χ0n) is 10.3. The summed E-state index contributed by atoms with van der Waals surface area (Å²) in [5, 5.41) is 3.63. The van der Waals surface area contributed by atoms with Gasteiger partial charge in [0.15, 0.2) is 0 Å². The zero-order chi connectivity index (χ0) is 13.0. The van der Waals surface area contributed by atoms with Crippen molar-refractivity contribution < 1.29 is 4.79 Å². The molecule has 0 heterocycles. The predicted molar refractivity (Wildman–Crippen MR) is 76.1 cm³/mol. The maximum absolute atomic E-state index is 12.0. The first-order valence-corrected chi connectivity index (χ1v) is 6.90. The van der Waals surface area contributed by atoms with Crippen LogP contribution in [0.2, 0.25) is 5.02 Å². The monoisotopic (exact) mass is 317 g/mol. The maximum atomic E-state index is 12.0. The molecular formula is C13H17BrClNO. The van der Waals surface area contributed by atoms with Gasteiger partial charge in [-0.05, 0) is 44.0 Å². The molecule has 2 nitrogen and oxygen atoms in total. The van der Waals surface area contributed by atoms with Crippen molar-refractivity contribution in [1.29, 1.82) is 0 Å². The number of rotatable bonds is 4. The van der Waals surface area contributed by atoms with Crippen molar-refractivity contribution in [2.75, 3.05) is 0 Å². The highest BCUT2D eigenvalue weighted by Gasteiger charge is 2.13. The highest BCUT2D eigenvalue weighted by Crippen LogP contribution is 2.15. The molecule has 2 atom stereocenters. The van der Waals surface area contributed by atoms with Gasteiger partial charge < -0.3 is 5.32 Å². The number of carbonyl (C=O) groups is 1. The van der Waals surface area contributed by atoms with Crippen LogP contribution in [0.4, 0.5) is 0 Å². The van der Waals surface area contributed by atoms with Gasteiger partial charge in [0, 0.05) is 21.5 Å². The lowest BCUT2D eigenvalue weighted by Crippen LogP contribution is -2.34. The summed E-state index contributed by atoms with van der Waals surface area (Å²) in [5.74, 6) is -0.0418. The van der Waals surface area contributed by atoms with E-state index in [0.29, 0.717) is 15.4 Å². The Morgan fingerprint density at radius 3 is 2.65 bits per heavy atom. The van der Waals surface area contributed by atoms with Gasteiger partial charge in [0.1, 0.15) is 0 Å². The highest BCUT2D eigenvalue weighted by molar-refractivity contribution is 9.09. The number of hydrogen-bond acceptors (Lipinski definition) is 1. The lowest BCUT2D eigenvalue weighted by molar-refractivity contribution is 0.0938. The standard InChI is InChI=1S/C13H17BrClNO/c1-8-6-11(15)4-5-12(8)13(17)16-10(3)7-9(2)14/h4-6,9-10H,7H2,1-3H3,(H,16,17). The second-order valence-corrected chi connectivity index (χ2v) is 6.35. The molecule has 0 saturated carbocycles. The first kappa shape index (κ1) is 14.5. The number of nitrogens with one attached hydrogen (secondary N) is 1. The second-order valence-electron chi connectivity index (χ2n) is 4.35. The van der Waals surface area contributed by atoms with Gasteiger partial charge in [-0.1, -0.05) is 34.5 Å². The third kappa shape index (κ3) is 4.68. The molecule has 2 unspecified atom stereocenters. The third-order valence-electron chi connectivity index (χ3n) is 2.49. The Morgan fingerprint density at radius 1 is 1.47 bits per heavy atom. The fourth-order valence-electron chi connectivity index (χ4n) is 1.73. The lowest BCUT2D eigenvalue weighted by Gasteiger charge is -2.16. The van der Waals surface area contributed by atoms with E-state index in [4.69, 9.17) is 11.6 Å². The number of amides is 1. The number of halogens is 2. The smallest absolute Gasteiger partial charge is 0.251 e. The topological polar surface area (TPSA) is 29.1 Å². The summed E-state index contributed by atoms with van der Waals surface area (Å²) in [4.78, 5) is 12.4. The van der Waals surface area contributed by atoms with Crippen LogP contribution < -0.4 is 5.32 Å². The zero-order valence-corrected chi connectivity index (χ0v) is 12.6. The molecular weight excluding hydrogens is 302 g/mol. The van der Waals surface area contributed by atoms with Crippen molar-refractivity contribution in [3.05, 3.63) is 34.3 Å². The van der Waals surface area contributed by atoms with E-state index in [0.717, 1.165) is 12.0 Å². The fraction of sp³-hybridized carbons (Fsp3) is 0.462. The Labute approximate surface area is 116 Å². The number of benzene rings is 1. The molecule has 0 aliphatic heterocycles. The number of carbonyl (C=O) groups excluding carboxylic acids is 1. The van der Waals surface area contributed by atoms with Crippen molar-refractivity contribution in [2.24, 2.45) is 0 Å². The quantitative estimate of drug-likeness (QED) is 0.837. The van der Waals surface area contributed by atoms with Gasteiger partial charge in [0.05, 0.1) is 0 Å². The average Bonchev–Trinajstić information content (AvgIpc) is 2.15. The van der Waals surface area contributed by atoms with Crippen LogP contribution in [0.1, 0.15) is 36.2 Å². The summed E-state index contributed by atoms with van der Waals surface area (Å²) in [6.07, 6.45) is 0.901. The van der Waals surface area contributed by atoms with E-state index >= 15 is 0 Å². The molecule has 1 aromatic carbocycles. The van der Waals surface area contributed by atoms with E-state index in [1.165, 1.54) is 0 Å². The molecule has 0 aliphatic carbocycles. The number of alkyl halides is 1. The summed E-state index contributed by atoms with van der Waals surface area (Å²) in [5.41, 5.74) is 1.58. The molecule has 1 rings (SSSR count). The van der Waals surface area contributed by atoms with Gasteiger partial charge in [0.2, 0.25) is 0 Å². The van der Waals surface area contributed by atoms with Crippen LogP contribution in [0.25, 0.3) is 0 Å². The number of hydrogen-bond donors (Lipinski definition) is 1. The molecule has 4 heteroatoms. The van der Waals surface area contributed by atoms with Crippen molar-refractivity contribution in [1.82, 2.24) is 5.32 Å². The summed E-state index contributed by atoms with van der Waals surface area (Å²) >= 11 is 9.33. The molecule has 0 fully saturated rings. The van der Waals surface area contributed by atoms with Gasteiger partial charge in [0.25, 0.3) is 5.91 Å². The summed E-state index contributed by atoms with van der Waals surface area (Å²) in [6.45, 7) is 5.95. The molecule has 0 aliphatic rings. The van der Waals surface area contributed by atoms with Gasteiger partial charge in [-0.2, -0.15) is 0 Å². The Hall–Kier alpha value is -0.540. The van der Waals surface area contributed by atoms with Crippen LogP contribution in [-0.2, 0) is 0 Å². The molecule has 0 spiro atoms. The minimum Gasteiger partial charge on any atom is -0.350 e. The molecule has 1 amide bonds. The largest absolute Gasteiger partial charge is 0.350 e. The molecule has 17 heavy (non-hydrogen) atoms. The van der Waals surface area contributed by atoms with Gasteiger partial charge >= 0.3 is 0 Å². The third-order valence-corrected chi connectivity index (χ3v) is 3.10. The van der Waals surface area contributed by atoms with Gasteiger partial charge in [-0.15, -0.1) is 0 Å². The van der Waals surface area contributed by atoms with E-state index in [-0.39, 0.29) is 11.9 Å². The highest BCUT2D eigenvalue weighted by atomic mass is 79.9. The van der Waals surface area contributed by atoms with Gasteiger partial charge in [-0.3, -0.25) is 4.79 Å². The van der Waals surface area contributed by atoms with E-state index in [1.807, 2.05) is 13.8 Å². The van der Waals surface area contributed by atoms with Crippen LogP contribution in [0.3, 0.4) is 0 Å². The Kier molecular flexibility index (Phi) is 5.47. The van der Waals surface area contributed by atoms with E-state index < -0.39 is 0 Å². The SMILES string of the molecule is Cc1cc(Cl)ccc1C(=O)NC(C)CC(C)Br. The van der Waals surface area contributed by atoms with E-state index in [2.05, 4.69) is 28.2 Å². The molecule has 94 valence electrons. The summed E-state index contributed by atoms with van der Waals surface area (Å²) in [6, 6.07) is 5.44. The van der Waals surface area contributed by atoms with Crippen LogP contribution in [-0.4, -0.2) is 16.8 Å². The molecule has 0 bridgehead atoms. The van der Waals surface area contributed by atoms with Crippen LogP contribution >= 0.6 is 27.5 Å². The lowest BCUT2D eigenvalue weighted by atomic mass is 10.1. The summed E-state index contributed by atoms with van der Waals surface area (Å²) < 4.78 is 0. The van der Waals surface area contributed by atoms with Crippen molar-refractivity contribution in [2.45, 2.75) is 38.1 Å². The average molecular weight is 319 g/mol. The van der Waals surface area contributed by atoms with E-state index in [9.17, 15) is 4.79 Å². The number of aryl methyl sites for hydroxylation is 1. The van der Waals surface area contributed by atoms with Crippen LogP contribution in [0.5, 0.6) is 0 Å². The molecule has 0 radical (unpaired) electrons. The second kappa shape index (κ2) is 6.41. The Balaban J connectivity index is 2.70. The maximum Gasteiger partial charge on any atom is 0.251 e. The molecule has 0 aromatic heterocycles. The van der Waals surface area contributed by atoms with Crippen molar-refractivity contribution >= 4 is 33.4 Å². The Morgan fingerprint density at radius 2 is 2.12 bits per heavy atom. The minimum atomic E-state index is -0.0418. The predicted octanol–water partition coefficient (Wildman–Crippen LogP) is 3.94. The van der Waals surface area contributed by atoms with Crippen LogP contribution in [0.15, 0.2) is 18.2 Å². The molecule has 1 N–H and O–H groups in total. The molecule has 1 aromatic rings. The fourth-order valence-corrected chi connectivity index (χ4v) is 2.52. The van der Waals surface area contributed by atoms with Crippen LogP contribution in [0, 0.1) is 6.92 Å². The first-order valence-electron chi connectivity index (χ1n) is 5.61. The van der Waals surface area contributed by atoms with Gasteiger partial charge in [-0.25, -0.2) is 0 Å². The summed E-state index contributed by atoms with van der Waals surface area (Å²) in [7, 11) is 0. The van der Waals surface area contributed by atoms with Crippen molar-refractivity contribution in [3.63, 3.8) is 0 Å². The van der Waals surface area contributed by atoms with Crippen molar-refractivity contribution in [3.8, 4) is 0 Å². The molecule has 0 saturated heterocycles. The first-order chi connectivity index (χ1) is 7.90.